The van der Waals surface area contributed by atoms with Crippen LogP contribution in [0.1, 0.15) is 34.0 Å². The maximum Gasteiger partial charge on any atom is 0.0729 e. The molecule has 1 aromatic heterocycles. The zero-order valence-electron chi connectivity index (χ0n) is 12.7. The van der Waals surface area contributed by atoms with Gasteiger partial charge in [-0.3, -0.25) is 4.98 Å². The summed E-state index contributed by atoms with van der Waals surface area (Å²) in [5.74, 6) is 0. The maximum absolute atomic E-state index is 6.46. The van der Waals surface area contributed by atoms with Crippen LogP contribution in [-0.4, -0.2) is 4.98 Å². The Bertz CT molecular complexity index is 806. The van der Waals surface area contributed by atoms with E-state index in [2.05, 4.69) is 51.1 Å². The molecule has 0 aliphatic rings. The van der Waals surface area contributed by atoms with Crippen LogP contribution in [0.4, 0.5) is 0 Å². The first kappa shape index (κ1) is 13.8. The third-order valence-electron chi connectivity index (χ3n) is 4.02. The number of nitrogens with two attached hydrogens (primary N) is 1. The molecular formula is C19H20N2. The third-order valence-corrected chi connectivity index (χ3v) is 4.02. The maximum atomic E-state index is 6.46. The molecule has 1 heterocycles. The Morgan fingerprint density at radius 1 is 0.905 bits per heavy atom. The summed E-state index contributed by atoms with van der Waals surface area (Å²) in [5.41, 5.74) is 13.2. The van der Waals surface area contributed by atoms with E-state index in [-0.39, 0.29) is 6.04 Å². The van der Waals surface area contributed by atoms with Gasteiger partial charge in [0.05, 0.1) is 17.3 Å². The van der Waals surface area contributed by atoms with Crippen LogP contribution in [0.3, 0.4) is 0 Å². The van der Waals surface area contributed by atoms with Crippen molar-refractivity contribution in [1.82, 2.24) is 4.98 Å². The Balaban J connectivity index is 2.11. The molecule has 2 N–H and O–H groups in total. The van der Waals surface area contributed by atoms with Crippen molar-refractivity contribution in [2.24, 2.45) is 5.73 Å². The van der Waals surface area contributed by atoms with Crippen molar-refractivity contribution in [1.29, 1.82) is 0 Å². The van der Waals surface area contributed by atoms with Crippen LogP contribution in [0, 0.1) is 20.8 Å². The summed E-state index contributed by atoms with van der Waals surface area (Å²) in [5, 5.41) is 1.19. The van der Waals surface area contributed by atoms with Gasteiger partial charge in [-0.05, 0) is 49.6 Å². The number of para-hydroxylation sites is 1. The molecule has 3 aromatic rings. The highest BCUT2D eigenvalue weighted by Crippen LogP contribution is 2.26. The predicted octanol–water partition coefficient (Wildman–Crippen LogP) is 4.21. The van der Waals surface area contributed by atoms with E-state index in [1.807, 2.05) is 18.2 Å². The van der Waals surface area contributed by atoms with E-state index < -0.39 is 0 Å². The summed E-state index contributed by atoms with van der Waals surface area (Å²) in [6, 6.07) is 16.5. The van der Waals surface area contributed by atoms with Crippen LogP contribution in [0.15, 0.2) is 48.5 Å². The predicted molar refractivity (Wildman–Crippen MR) is 88.4 cm³/mol. The van der Waals surface area contributed by atoms with Gasteiger partial charge in [0.1, 0.15) is 0 Å². The number of benzene rings is 2. The van der Waals surface area contributed by atoms with Crippen LogP contribution >= 0.6 is 0 Å². The molecule has 1 unspecified atom stereocenters. The fourth-order valence-corrected chi connectivity index (χ4v) is 2.87. The second kappa shape index (κ2) is 5.30. The highest BCUT2D eigenvalue weighted by molar-refractivity contribution is 5.82. The molecule has 0 aliphatic carbocycles. The van der Waals surface area contributed by atoms with E-state index in [1.165, 1.54) is 22.1 Å². The van der Waals surface area contributed by atoms with Crippen LogP contribution in [-0.2, 0) is 0 Å². The summed E-state index contributed by atoms with van der Waals surface area (Å²) in [6.45, 7) is 6.32. The fraction of sp³-hybridized carbons (Fsp3) is 0.211. The summed E-state index contributed by atoms with van der Waals surface area (Å²) in [7, 11) is 0. The number of fused-ring (bicyclic) bond motifs is 1. The van der Waals surface area contributed by atoms with Gasteiger partial charge in [-0.25, -0.2) is 0 Å². The first-order valence-corrected chi connectivity index (χ1v) is 7.25. The normalized spacial score (nSPS) is 12.6. The SMILES string of the molecule is Cc1ccc(C(N)c2cc(C)c3ccccc3n2)c(C)c1. The van der Waals surface area contributed by atoms with Crippen LogP contribution in [0.25, 0.3) is 10.9 Å². The second-order valence-corrected chi connectivity index (χ2v) is 5.72. The molecule has 2 heteroatoms. The molecule has 0 fully saturated rings. The molecule has 106 valence electrons. The monoisotopic (exact) mass is 276 g/mol. The van der Waals surface area contributed by atoms with Crippen molar-refractivity contribution < 1.29 is 0 Å². The average Bonchev–Trinajstić information content (AvgIpc) is 2.46. The lowest BCUT2D eigenvalue weighted by Gasteiger charge is -2.16. The first-order valence-electron chi connectivity index (χ1n) is 7.25. The largest absolute Gasteiger partial charge is 0.319 e. The van der Waals surface area contributed by atoms with Gasteiger partial charge in [-0.2, -0.15) is 0 Å². The highest BCUT2D eigenvalue weighted by atomic mass is 14.8. The summed E-state index contributed by atoms with van der Waals surface area (Å²) < 4.78 is 0. The van der Waals surface area contributed by atoms with Crippen LogP contribution < -0.4 is 5.73 Å². The average molecular weight is 276 g/mol. The van der Waals surface area contributed by atoms with Crippen molar-refractivity contribution in [3.05, 3.63) is 76.5 Å². The molecule has 0 saturated carbocycles. The molecule has 0 spiro atoms. The van der Waals surface area contributed by atoms with Gasteiger partial charge < -0.3 is 5.73 Å². The number of aromatic nitrogens is 1. The van der Waals surface area contributed by atoms with Gasteiger partial charge in [-0.1, -0.05) is 42.0 Å². The first-order chi connectivity index (χ1) is 10.1. The minimum absolute atomic E-state index is 0.186. The number of pyridine rings is 1. The van der Waals surface area contributed by atoms with Gasteiger partial charge in [-0.15, -0.1) is 0 Å². The smallest absolute Gasteiger partial charge is 0.0729 e. The van der Waals surface area contributed by atoms with Gasteiger partial charge in [0.25, 0.3) is 0 Å². The molecule has 0 radical (unpaired) electrons. The zero-order chi connectivity index (χ0) is 15.0. The van der Waals surface area contributed by atoms with Crippen molar-refractivity contribution in [2.75, 3.05) is 0 Å². The van der Waals surface area contributed by atoms with Gasteiger partial charge >= 0.3 is 0 Å². The Morgan fingerprint density at radius 2 is 1.67 bits per heavy atom. The topological polar surface area (TPSA) is 38.9 Å². The summed E-state index contributed by atoms with van der Waals surface area (Å²) in [6.07, 6.45) is 0. The molecule has 21 heavy (non-hydrogen) atoms. The lowest BCUT2D eigenvalue weighted by molar-refractivity contribution is 0.825. The summed E-state index contributed by atoms with van der Waals surface area (Å²) in [4.78, 5) is 4.75. The zero-order valence-corrected chi connectivity index (χ0v) is 12.7. The van der Waals surface area contributed by atoms with Gasteiger partial charge in [0.2, 0.25) is 0 Å². The minimum Gasteiger partial charge on any atom is -0.319 e. The molecule has 0 saturated heterocycles. The number of hydrogen-bond acceptors (Lipinski definition) is 2. The lowest BCUT2D eigenvalue weighted by atomic mass is 9.96. The molecule has 0 amide bonds. The molecule has 2 nitrogen and oxygen atoms in total. The quantitative estimate of drug-likeness (QED) is 0.761. The number of aryl methyl sites for hydroxylation is 3. The van der Waals surface area contributed by atoms with Crippen LogP contribution in [0.2, 0.25) is 0 Å². The van der Waals surface area contributed by atoms with Gasteiger partial charge in [0.15, 0.2) is 0 Å². The lowest BCUT2D eigenvalue weighted by Crippen LogP contribution is -2.15. The Hall–Kier alpha value is -2.19. The fourth-order valence-electron chi connectivity index (χ4n) is 2.87. The van der Waals surface area contributed by atoms with E-state index in [0.29, 0.717) is 0 Å². The van der Waals surface area contributed by atoms with E-state index in [0.717, 1.165) is 16.8 Å². The molecule has 1 atom stereocenters. The number of nitrogens with zero attached hydrogens (tertiary/aromatic N) is 1. The van der Waals surface area contributed by atoms with Crippen molar-refractivity contribution in [3.8, 4) is 0 Å². The number of rotatable bonds is 2. The molecule has 2 aromatic carbocycles. The molecular weight excluding hydrogens is 256 g/mol. The van der Waals surface area contributed by atoms with E-state index >= 15 is 0 Å². The highest BCUT2D eigenvalue weighted by Gasteiger charge is 2.14. The Labute approximate surface area is 125 Å². The van der Waals surface area contributed by atoms with Crippen molar-refractivity contribution >= 4 is 10.9 Å². The van der Waals surface area contributed by atoms with Gasteiger partial charge in [0, 0.05) is 5.39 Å². The molecule has 0 bridgehead atoms. The molecule has 3 rings (SSSR count). The third kappa shape index (κ3) is 2.55. The number of hydrogen-bond donors (Lipinski definition) is 1. The second-order valence-electron chi connectivity index (χ2n) is 5.72. The summed E-state index contributed by atoms with van der Waals surface area (Å²) >= 11 is 0. The van der Waals surface area contributed by atoms with Crippen molar-refractivity contribution in [3.63, 3.8) is 0 Å². The Morgan fingerprint density at radius 3 is 2.43 bits per heavy atom. The van der Waals surface area contributed by atoms with Crippen molar-refractivity contribution in [2.45, 2.75) is 26.8 Å². The standard InChI is InChI=1S/C19H20N2/c1-12-8-9-16(13(2)10-12)19(20)18-11-14(3)15-6-4-5-7-17(15)21-18/h4-11,19H,20H2,1-3H3. The van der Waals surface area contributed by atoms with E-state index in [9.17, 15) is 0 Å². The Kier molecular flexibility index (Phi) is 3.48. The molecule has 0 aliphatic heterocycles. The minimum atomic E-state index is -0.186. The van der Waals surface area contributed by atoms with E-state index in [4.69, 9.17) is 10.7 Å². The van der Waals surface area contributed by atoms with E-state index in [1.54, 1.807) is 0 Å². The van der Waals surface area contributed by atoms with Crippen LogP contribution in [0.5, 0.6) is 0 Å².